The third-order valence-corrected chi connectivity index (χ3v) is 4.97. The Balaban J connectivity index is 1.63. The van der Waals surface area contributed by atoms with Gasteiger partial charge in [-0.3, -0.25) is 19.4 Å². The molecule has 0 aliphatic carbocycles. The number of amides is 2. The van der Waals surface area contributed by atoms with Gasteiger partial charge in [0, 0.05) is 48.8 Å². The highest BCUT2D eigenvalue weighted by atomic mass is 35.5. The molecule has 27 heavy (non-hydrogen) atoms. The zero-order valence-electron chi connectivity index (χ0n) is 15.9. The topological polar surface area (TPSA) is 64.7 Å². The van der Waals surface area contributed by atoms with E-state index in [-0.39, 0.29) is 17.9 Å². The second kappa shape index (κ2) is 10.9. The predicted molar refractivity (Wildman–Crippen MR) is 109 cm³/mol. The Hall–Kier alpha value is -1.34. The summed E-state index contributed by atoms with van der Waals surface area (Å²) in [5.41, 5.74) is 0.967. The van der Waals surface area contributed by atoms with Crippen LogP contribution in [0.3, 0.4) is 0 Å². The summed E-state index contributed by atoms with van der Waals surface area (Å²) < 4.78 is 0. The van der Waals surface area contributed by atoms with Crippen LogP contribution in [0.15, 0.2) is 18.2 Å². The van der Waals surface area contributed by atoms with Crippen molar-refractivity contribution in [3.05, 3.63) is 33.8 Å². The lowest BCUT2D eigenvalue weighted by atomic mass is 10.1. The molecule has 2 amide bonds. The Morgan fingerprint density at radius 2 is 1.63 bits per heavy atom. The smallest absolute Gasteiger partial charge is 0.234 e. The van der Waals surface area contributed by atoms with Gasteiger partial charge in [0.15, 0.2) is 0 Å². The Bertz CT molecular complexity index is 647. The van der Waals surface area contributed by atoms with Gasteiger partial charge in [0.05, 0.1) is 13.1 Å². The Morgan fingerprint density at radius 1 is 1.04 bits per heavy atom. The maximum Gasteiger partial charge on any atom is 0.234 e. The van der Waals surface area contributed by atoms with Gasteiger partial charge in [-0.1, -0.05) is 29.3 Å². The van der Waals surface area contributed by atoms with E-state index >= 15 is 0 Å². The van der Waals surface area contributed by atoms with Gasteiger partial charge in [-0.25, -0.2) is 0 Å². The molecule has 0 unspecified atom stereocenters. The van der Waals surface area contributed by atoms with Crippen molar-refractivity contribution in [2.75, 3.05) is 45.8 Å². The number of benzene rings is 1. The first-order chi connectivity index (χ1) is 12.8. The summed E-state index contributed by atoms with van der Waals surface area (Å²) in [5, 5.41) is 7.06. The van der Waals surface area contributed by atoms with Crippen LogP contribution in [0.25, 0.3) is 0 Å². The number of carbonyl (C=O) groups excluding carboxylic acids is 2. The van der Waals surface area contributed by atoms with Gasteiger partial charge in [-0.2, -0.15) is 0 Å². The van der Waals surface area contributed by atoms with Gasteiger partial charge in [-0.05, 0) is 38.0 Å². The van der Waals surface area contributed by atoms with Crippen LogP contribution in [0.5, 0.6) is 0 Å². The van der Waals surface area contributed by atoms with Crippen molar-refractivity contribution in [1.29, 1.82) is 0 Å². The van der Waals surface area contributed by atoms with Crippen molar-refractivity contribution in [3.8, 4) is 0 Å². The van der Waals surface area contributed by atoms with Crippen LogP contribution in [-0.4, -0.2) is 73.5 Å². The maximum absolute atomic E-state index is 12.1. The lowest BCUT2D eigenvalue weighted by molar-refractivity contribution is -0.125. The maximum atomic E-state index is 12.1. The summed E-state index contributed by atoms with van der Waals surface area (Å²) in [5.74, 6) is 0.0585. The van der Waals surface area contributed by atoms with E-state index in [1.54, 1.807) is 12.1 Å². The van der Waals surface area contributed by atoms with E-state index < -0.39 is 0 Å². The third-order valence-electron chi connectivity index (χ3n) is 4.38. The number of hydrogen-bond acceptors (Lipinski definition) is 4. The van der Waals surface area contributed by atoms with Gasteiger partial charge < -0.3 is 10.6 Å². The number of piperazine rings is 1. The number of halogens is 2. The largest absolute Gasteiger partial charge is 0.355 e. The average molecular weight is 415 g/mol. The van der Waals surface area contributed by atoms with E-state index in [1.165, 1.54) is 0 Å². The molecule has 2 rings (SSSR count). The third kappa shape index (κ3) is 8.05. The monoisotopic (exact) mass is 414 g/mol. The molecule has 0 atom stereocenters. The molecule has 0 bridgehead atoms. The van der Waals surface area contributed by atoms with Crippen molar-refractivity contribution in [2.24, 2.45) is 0 Å². The second-order valence-electron chi connectivity index (χ2n) is 7.11. The lowest BCUT2D eigenvalue weighted by Crippen LogP contribution is -2.52. The highest BCUT2D eigenvalue weighted by Gasteiger charge is 2.20. The first kappa shape index (κ1) is 22.0. The normalized spacial score (nSPS) is 15.7. The zero-order valence-corrected chi connectivity index (χ0v) is 17.4. The summed E-state index contributed by atoms with van der Waals surface area (Å²) in [6.45, 7) is 8.38. The van der Waals surface area contributed by atoms with E-state index in [0.29, 0.717) is 36.1 Å². The van der Waals surface area contributed by atoms with Gasteiger partial charge in [0.2, 0.25) is 11.8 Å². The zero-order chi connectivity index (χ0) is 19.8. The average Bonchev–Trinajstić information content (AvgIpc) is 2.58. The molecule has 1 fully saturated rings. The predicted octanol–water partition coefficient (Wildman–Crippen LogP) is 1.79. The summed E-state index contributed by atoms with van der Waals surface area (Å²) in [7, 11) is 0. The van der Waals surface area contributed by atoms with Crippen molar-refractivity contribution >= 4 is 35.0 Å². The molecule has 1 saturated heterocycles. The fraction of sp³-hybridized carbons (Fsp3) is 0.579. The van der Waals surface area contributed by atoms with Gasteiger partial charge >= 0.3 is 0 Å². The highest BCUT2D eigenvalue weighted by molar-refractivity contribution is 6.35. The number of carbonyl (C=O) groups is 2. The van der Waals surface area contributed by atoms with Gasteiger partial charge in [0.1, 0.15) is 0 Å². The first-order valence-corrected chi connectivity index (χ1v) is 10.0. The molecule has 1 aliphatic rings. The van der Waals surface area contributed by atoms with Gasteiger partial charge in [-0.15, -0.1) is 0 Å². The molecule has 1 aliphatic heterocycles. The fourth-order valence-corrected chi connectivity index (χ4v) is 3.50. The molecule has 8 heteroatoms. The van der Waals surface area contributed by atoms with Crippen molar-refractivity contribution in [2.45, 2.75) is 26.3 Å². The number of hydrogen-bond donors (Lipinski definition) is 2. The first-order valence-electron chi connectivity index (χ1n) is 9.28. The standard InChI is InChI=1S/C19H28Cl2N4O2/c1-14(2)23-19(27)13-25-9-7-24(8-10-25)12-18(26)22-6-5-15-3-4-16(20)11-17(15)21/h3-4,11,14H,5-10,12-13H2,1-2H3,(H,22,26)(H,23,27). The second-order valence-corrected chi connectivity index (χ2v) is 7.95. The molecule has 0 aromatic heterocycles. The minimum absolute atomic E-state index is 0.00564. The molecule has 6 nitrogen and oxygen atoms in total. The molecular weight excluding hydrogens is 387 g/mol. The lowest BCUT2D eigenvalue weighted by Gasteiger charge is -2.33. The SMILES string of the molecule is CC(C)NC(=O)CN1CCN(CC(=O)NCCc2ccc(Cl)cc2Cl)CC1. The van der Waals surface area contributed by atoms with Crippen LogP contribution in [0.4, 0.5) is 0 Å². The Morgan fingerprint density at radius 3 is 2.19 bits per heavy atom. The van der Waals surface area contributed by atoms with Crippen LogP contribution in [0.1, 0.15) is 19.4 Å². The van der Waals surface area contributed by atoms with E-state index in [9.17, 15) is 9.59 Å². The minimum atomic E-state index is 0.00564. The summed E-state index contributed by atoms with van der Waals surface area (Å²) >= 11 is 12.0. The molecule has 0 saturated carbocycles. The molecular formula is C19H28Cl2N4O2. The number of rotatable bonds is 8. The summed E-state index contributed by atoms with van der Waals surface area (Å²) in [6.07, 6.45) is 0.667. The van der Waals surface area contributed by atoms with Crippen molar-refractivity contribution < 1.29 is 9.59 Å². The number of nitrogens with one attached hydrogen (secondary N) is 2. The van der Waals surface area contributed by atoms with Crippen LogP contribution in [-0.2, 0) is 16.0 Å². The number of nitrogens with zero attached hydrogens (tertiary/aromatic N) is 2. The van der Waals surface area contributed by atoms with Crippen LogP contribution >= 0.6 is 23.2 Å². The van der Waals surface area contributed by atoms with Crippen molar-refractivity contribution in [3.63, 3.8) is 0 Å². The highest BCUT2D eigenvalue weighted by Crippen LogP contribution is 2.21. The minimum Gasteiger partial charge on any atom is -0.355 e. The summed E-state index contributed by atoms with van der Waals surface area (Å²) in [4.78, 5) is 28.2. The van der Waals surface area contributed by atoms with E-state index in [1.807, 2.05) is 19.9 Å². The van der Waals surface area contributed by atoms with E-state index in [0.717, 1.165) is 31.7 Å². The van der Waals surface area contributed by atoms with Crippen LogP contribution < -0.4 is 10.6 Å². The Kier molecular flexibility index (Phi) is 8.83. The molecule has 0 radical (unpaired) electrons. The molecule has 1 heterocycles. The summed E-state index contributed by atoms with van der Waals surface area (Å²) in [6, 6.07) is 5.54. The van der Waals surface area contributed by atoms with Gasteiger partial charge in [0.25, 0.3) is 0 Å². The Labute approximate surface area is 171 Å². The van der Waals surface area contributed by atoms with E-state index in [2.05, 4.69) is 20.4 Å². The molecule has 150 valence electrons. The molecule has 1 aromatic carbocycles. The molecule has 2 N–H and O–H groups in total. The fourth-order valence-electron chi connectivity index (χ4n) is 3.00. The van der Waals surface area contributed by atoms with Crippen LogP contribution in [0.2, 0.25) is 10.0 Å². The molecule has 0 spiro atoms. The van der Waals surface area contributed by atoms with Crippen molar-refractivity contribution in [1.82, 2.24) is 20.4 Å². The van der Waals surface area contributed by atoms with Crippen LogP contribution in [0, 0.1) is 0 Å². The quantitative estimate of drug-likeness (QED) is 0.680. The molecule has 1 aromatic rings. The van der Waals surface area contributed by atoms with E-state index in [4.69, 9.17) is 23.2 Å².